The number of hydrogen-bond acceptors (Lipinski definition) is 0. The van der Waals surface area contributed by atoms with Crippen LogP contribution in [0.2, 0.25) is 0 Å². The molecule has 0 nitrogen and oxygen atoms in total. The van der Waals surface area contributed by atoms with E-state index < -0.39 is 0 Å². The van der Waals surface area contributed by atoms with Crippen LogP contribution < -0.4 is 0 Å². The number of unbranched alkanes of at least 4 members (excludes halogenated alkanes) is 2. The Hall–Kier alpha value is 0. The Kier molecular flexibility index (Phi) is 5.73. The molecular weight excluding hydrogens is 288 g/mol. The Morgan fingerprint density at radius 2 is 1.58 bits per heavy atom. The lowest BCUT2D eigenvalue weighted by Crippen LogP contribution is -2.51. The summed E-state index contributed by atoms with van der Waals surface area (Å²) in [5.74, 6) is 5.16. The van der Waals surface area contributed by atoms with Crippen molar-refractivity contribution in [1.82, 2.24) is 0 Å². The van der Waals surface area contributed by atoms with E-state index in [1.807, 2.05) is 0 Å². The van der Waals surface area contributed by atoms with Crippen LogP contribution in [0, 0.1) is 40.4 Å². The van der Waals surface area contributed by atoms with Gasteiger partial charge in [-0.15, -0.1) is 0 Å². The molecule has 7 atom stereocenters. The van der Waals surface area contributed by atoms with Crippen molar-refractivity contribution in [2.24, 2.45) is 40.4 Å². The molecule has 0 saturated heterocycles. The maximum Gasteiger partial charge on any atom is -0.0266 e. The van der Waals surface area contributed by atoms with Gasteiger partial charge in [0.1, 0.15) is 0 Å². The summed E-state index contributed by atoms with van der Waals surface area (Å²) >= 11 is 0. The number of hydrogen-bond donors (Lipinski definition) is 0. The van der Waals surface area contributed by atoms with Gasteiger partial charge in [-0.25, -0.2) is 0 Å². The van der Waals surface area contributed by atoms with Crippen LogP contribution in [-0.4, -0.2) is 0 Å². The Morgan fingerprint density at radius 3 is 2.29 bits per heavy atom. The first-order valence-corrected chi connectivity index (χ1v) is 11.5. The molecule has 7 unspecified atom stereocenters. The van der Waals surface area contributed by atoms with Gasteiger partial charge in [0, 0.05) is 0 Å². The van der Waals surface area contributed by atoms with Gasteiger partial charge in [0.15, 0.2) is 0 Å². The average Bonchev–Trinajstić information content (AvgIpc) is 2.91. The highest BCUT2D eigenvalue weighted by Gasteiger charge is 2.58. The second kappa shape index (κ2) is 7.32. The maximum absolute atomic E-state index is 2.71. The van der Waals surface area contributed by atoms with Crippen molar-refractivity contribution >= 4 is 0 Å². The van der Waals surface area contributed by atoms with Crippen molar-refractivity contribution in [3.63, 3.8) is 0 Å². The third-order valence-corrected chi connectivity index (χ3v) is 9.51. The lowest BCUT2D eigenvalue weighted by molar-refractivity contribution is -0.0964. The predicted molar refractivity (Wildman–Crippen MR) is 106 cm³/mol. The highest BCUT2D eigenvalue weighted by Crippen LogP contribution is 2.66. The molecule has 0 aliphatic heterocycles. The first-order chi connectivity index (χ1) is 11.5. The molecule has 3 fully saturated rings. The Morgan fingerprint density at radius 1 is 0.833 bits per heavy atom. The third kappa shape index (κ3) is 2.99. The average molecular weight is 333 g/mol. The van der Waals surface area contributed by atoms with Crippen molar-refractivity contribution in [3.8, 4) is 0 Å². The van der Waals surface area contributed by atoms with Gasteiger partial charge in [-0.3, -0.25) is 0 Å². The van der Waals surface area contributed by atoms with E-state index in [2.05, 4.69) is 34.6 Å². The van der Waals surface area contributed by atoms with E-state index in [9.17, 15) is 0 Å². The van der Waals surface area contributed by atoms with Crippen LogP contribution in [-0.2, 0) is 0 Å². The molecule has 3 rings (SSSR count). The van der Waals surface area contributed by atoms with Gasteiger partial charge in [0.05, 0.1) is 0 Å². The number of rotatable bonds is 6. The fourth-order valence-corrected chi connectivity index (χ4v) is 7.67. The van der Waals surface area contributed by atoms with E-state index in [0.29, 0.717) is 10.8 Å². The minimum absolute atomic E-state index is 0.641. The topological polar surface area (TPSA) is 0 Å². The normalized spacial score (nSPS) is 48.1. The first-order valence-electron chi connectivity index (χ1n) is 11.5. The van der Waals surface area contributed by atoms with E-state index in [-0.39, 0.29) is 0 Å². The van der Waals surface area contributed by atoms with Crippen LogP contribution in [0.4, 0.5) is 0 Å². The van der Waals surface area contributed by atoms with Crippen LogP contribution in [0.25, 0.3) is 0 Å². The standard InChI is InChI=1S/C24H44/c1-6-8-10-19-12-14-21-20-13-11-18(3)23(4,16-9-7-2)22(20)15-17-24(19,21)5/h18-22H,6-17H2,1-5H3. The molecule has 0 N–H and O–H groups in total. The SMILES string of the molecule is CCCCC1CCC2C3CCC(C)C(C)(CCCC)C3CCC12C. The van der Waals surface area contributed by atoms with Crippen molar-refractivity contribution in [1.29, 1.82) is 0 Å². The molecule has 0 amide bonds. The summed E-state index contributed by atoms with van der Waals surface area (Å²) in [6, 6.07) is 0. The van der Waals surface area contributed by atoms with Crippen molar-refractivity contribution in [2.45, 2.75) is 112 Å². The zero-order valence-corrected chi connectivity index (χ0v) is 17.4. The van der Waals surface area contributed by atoms with E-state index in [0.717, 1.165) is 29.6 Å². The molecule has 0 aromatic carbocycles. The van der Waals surface area contributed by atoms with Gasteiger partial charge in [-0.2, -0.15) is 0 Å². The minimum atomic E-state index is 0.641. The molecule has 24 heavy (non-hydrogen) atoms. The fourth-order valence-electron chi connectivity index (χ4n) is 7.67. The number of fused-ring (bicyclic) bond motifs is 3. The van der Waals surface area contributed by atoms with Gasteiger partial charge in [-0.1, -0.05) is 60.3 Å². The largest absolute Gasteiger partial charge is 0.0654 e. The van der Waals surface area contributed by atoms with Gasteiger partial charge in [0.2, 0.25) is 0 Å². The molecule has 0 heteroatoms. The Bertz CT molecular complexity index is 412. The van der Waals surface area contributed by atoms with E-state index in [4.69, 9.17) is 0 Å². The van der Waals surface area contributed by atoms with Gasteiger partial charge in [0.25, 0.3) is 0 Å². The molecule has 140 valence electrons. The third-order valence-electron chi connectivity index (χ3n) is 9.51. The van der Waals surface area contributed by atoms with Crippen molar-refractivity contribution in [3.05, 3.63) is 0 Å². The second-order valence-corrected chi connectivity index (χ2v) is 10.4. The summed E-state index contributed by atoms with van der Waals surface area (Å²) < 4.78 is 0. The first kappa shape index (κ1) is 18.8. The molecular formula is C24H44. The molecule has 0 radical (unpaired) electrons. The van der Waals surface area contributed by atoms with E-state index in [1.165, 1.54) is 44.9 Å². The fraction of sp³-hybridized carbons (Fsp3) is 1.00. The van der Waals surface area contributed by atoms with Crippen molar-refractivity contribution in [2.75, 3.05) is 0 Å². The molecule has 3 aliphatic rings. The molecule has 0 aromatic heterocycles. The summed E-state index contributed by atoms with van der Waals surface area (Å²) in [7, 11) is 0. The maximum atomic E-state index is 2.71. The smallest absolute Gasteiger partial charge is 0.0266 e. The Labute approximate surface area is 152 Å². The zero-order valence-electron chi connectivity index (χ0n) is 17.4. The van der Waals surface area contributed by atoms with E-state index >= 15 is 0 Å². The minimum Gasteiger partial charge on any atom is -0.0654 e. The molecule has 3 saturated carbocycles. The summed E-state index contributed by atoms with van der Waals surface area (Å²) in [6.45, 7) is 12.7. The van der Waals surface area contributed by atoms with Crippen molar-refractivity contribution < 1.29 is 0 Å². The lowest BCUT2D eigenvalue weighted by atomic mass is 9.46. The monoisotopic (exact) mass is 332 g/mol. The predicted octanol–water partition coefficient (Wildman–Crippen LogP) is 7.86. The summed E-state index contributed by atoms with van der Waals surface area (Å²) in [5.41, 5.74) is 1.34. The van der Waals surface area contributed by atoms with Gasteiger partial charge in [-0.05, 0) is 91.8 Å². The molecule has 3 aliphatic carbocycles. The summed E-state index contributed by atoms with van der Waals surface area (Å²) in [6.07, 6.45) is 17.9. The Balaban J connectivity index is 1.78. The zero-order chi connectivity index (χ0) is 17.4. The highest BCUT2D eigenvalue weighted by atomic mass is 14.6. The lowest BCUT2D eigenvalue weighted by Gasteiger charge is -2.59. The molecule has 0 bridgehead atoms. The quantitative estimate of drug-likeness (QED) is 0.464. The molecule has 0 spiro atoms. The van der Waals surface area contributed by atoms with Crippen LogP contribution in [0.1, 0.15) is 112 Å². The molecule has 0 aromatic rings. The van der Waals surface area contributed by atoms with Gasteiger partial charge < -0.3 is 0 Å². The van der Waals surface area contributed by atoms with Crippen LogP contribution in [0.3, 0.4) is 0 Å². The molecule has 0 heterocycles. The van der Waals surface area contributed by atoms with Crippen LogP contribution in [0.15, 0.2) is 0 Å². The summed E-state index contributed by atoms with van der Waals surface area (Å²) in [4.78, 5) is 0. The van der Waals surface area contributed by atoms with E-state index in [1.54, 1.807) is 32.1 Å². The highest BCUT2D eigenvalue weighted by molar-refractivity contribution is 5.07. The van der Waals surface area contributed by atoms with Crippen LogP contribution in [0.5, 0.6) is 0 Å². The van der Waals surface area contributed by atoms with Gasteiger partial charge >= 0.3 is 0 Å². The second-order valence-electron chi connectivity index (χ2n) is 10.4. The van der Waals surface area contributed by atoms with Crippen LogP contribution >= 0.6 is 0 Å². The summed E-state index contributed by atoms with van der Waals surface area (Å²) in [5, 5.41) is 0.